The van der Waals surface area contributed by atoms with E-state index in [0.29, 0.717) is 22.4 Å². The number of esters is 1. The molecule has 0 aliphatic rings. The van der Waals surface area contributed by atoms with E-state index in [2.05, 4.69) is 5.32 Å². The van der Waals surface area contributed by atoms with Gasteiger partial charge in [0, 0.05) is 10.6 Å². The number of carbonyl (C=O) groups is 1. The molecule has 0 spiro atoms. The van der Waals surface area contributed by atoms with E-state index < -0.39 is 5.54 Å². The Morgan fingerprint density at radius 1 is 1.42 bits per heavy atom. The number of carbonyl (C=O) groups excluding carboxylic acids is 1. The lowest BCUT2D eigenvalue weighted by Crippen LogP contribution is -2.50. The van der Waals surface area contributed by atoms with Gasteiger partial charge in [-0.1, -0.05) is 23.2 Å². The molecule has 19 heavy (non-hydrogen) atoms. The highest BCUT2D eigenvalue weighted by Crippen LogP contribution is 2.29. The van der Waals surface area contributed by atoms with Crippen molar-refractivity contribution in [1.82, 2.24) is 5.32 Å². The number of hydrogen-bond acceptors (Lipinski definition) is 4. The van der Waals surface area contributed by atoms with Crippen LogP contribution in [0.25, 0.3) is 0 Å². The van der Waals surface area contributed by atoms with Gasteiger partial charge in [0.2, 0.25) is 0 Å². The van der Waals surface area contributed by atoms with Crippen molar-refractivity contribution in [3.05, 3.63) is 28.2 Å². The lowest BCUT2D eigenvalue weighted by atomic mass is 10.1. The predicted molar refractivity (Wildman–Crippen MR) is 81.3 cm³/mol. The van der Waals surface area contributed by atoms with Crippen molar-refractivity contribution < 1.29 is 9.53 Å². The number of nitrogens with one attached hydrogen (secondary N) is 1. The Kier molecular flexibility index (Phi) is 6.47. The van der Waals surface area contributed by atoms with Crippen molar-refractivity contribution in [2.45, 2.75) is 24.3 Å². The van der Waals surface area contributed by atoms with Crippen LogP contribution in [-0.4, -0.2) is 30.9 Å². The third-order valence-corrected chi connectivity index (χ3v) is 4.74. The van der Waals surface area contributed by atoms with Crippen LogP contribution in [0, 0.1) is 0 Å². The number of benzene rings is 1. The van der Waals surface area contributed by atoms with Crippen LogP contribution in [-0.2, 0) is 9.53 Å². The van der Waals surface area contributed by atoms with Crippen LogP contribution in [0.5, 0.6) is 0 Å². The number of thioether (sulfide) groups is 1. The van der Waals surface area contributed by atoms with Gasteiger partial charge in [-0.3, -0.25) is 4.79 Å². The first-order valence-electron chi connectivity index (χ1n) is 5.87. The summed E-state index contributed by atoms with van der Waals surface area (Å²) in [4.78, 5) is 12.9. The molecule has 0 heterocycles. The van der Waals surface area contributed by atoms with Gasteiger partial charge in [0.15, 0.2) is 0 Å². The molecule has 0 saturated carbocycles. The van der Waals surface area contributed by atoms with Crippen molar-refractivity contribution >= 4 is 40.9 Å². The summed E-state index contributed by atoms with van der Waals surface area (Å²) >= 11 is 13.3. The fraction of sp³-hybridized carbons (Fsp3) is 0.462. The van der Waals surface area contributed by atoms with Gasteiger partial charge in [-0.25, -0.2) is 0 Å². The molecule has 1 unspecified atom stereocenters. The monoisotopic (exact) mass is 321 g/mol. The molecule has 0 radical (unpaired) electrons. The van der Waals surface area contributed by atoms with Gasteiger partial charge in [0.25, 0.3) is 0 Å². The minimum atomic E-state index is -0.729. The van der Waals surface area contributed by atoms with E-state index in [1.165, 1.54) is 11.8 Å². The first kappa shape index (κ1) is 16.6. The van der Waals surface area contributed by atoms with E-state index in [1.54, 1.807) is 26.1 Å². The maximum atomic E-state index is 11.9. The molecule has 0 fully saturated rings. The van der Waals surface area contributed by atoms with Gasteiger partial charge in [0.1, 0.15) is 5.54 Å². The highest BCUT2D eigenvalue weighted by atomic mass is 35.5. The maximum Gasteiger partial charge on any atom is 0.326 e. The number of hydrogen-bond donors (Lipinski definition) is 1. The van der Waals surface area contributed by atoms with E-state index in [4.69, 9.17) is 27.9 Å². The molecule has 0 aromatic heterocycles. The number of likely N-dealkylation sites (N-methyl/N-ethyl adjacent to an activating group) is 1. The highest BCUT2D eigenvalue weighted by molar-refractivity contribution is 7.99. The molecule has 0 saturated heterocycles. The molecule has 106 valence electrons. The zero-order chi connectivity index (χ0) is 14.5. The number of ether oxygens (including phenoxy) is 1. The normalized spacial score (nSPS) is 13.9. The summed E-state index contributed by atoms with van der Waals surface area (Å²) in [5.41, 5.74) is -0.729. The zero-order valence-electron chi connectivity index (χ0n) is 11.1. The molecule has 0 bridgehead atoms. The van der Waals surface area contributed by atoms with Crippen molar-refractivity contribution in [3.8, 4) is 0 Å². The summed E-state index contributed by atoms with van der Waals surface area (Å²) in [7, 11) is 1.74. The standard InChI is InChI=1S/C13H17Cl2NO2S/c1-4-18-12(17)13(2,16-3)8-19-9-5-6-10(14)11(15)7-9/h5-7,16H,4,8H2,1-3H3. The molecular weight excluding hydrogens is 305 g/mol. The Balaban J connectivity index is 2.71. The Morgan fingerprint density at radius 2 is 2.11 bits per heavy atom. The number of halogens is 2. The molecular formula is C13H17Cl2NO2S. The summed E-state index contributed by atoms with van der Waals surface area (Å²) in [5.74, 6) is 0.283. The Hall–Kier alpha value is -0.420. The average Bonchev–Trinajstić information content (AvgIpc) is 2.40. The minimum Gasteiger partial charge on any atom is -0.465 e. The lowest BCUT2D eigenvalue weighted by Gasteiger charge is -2.26. The van der Waals surface area contributed by atoms with E-state index in [9.17, 15) is 4.79 Å². The second kappa shape index (κ2) is 7.39. The molecule has 3 nitrogen and oxygen atoms in total. The Bertz CT molecular complexity index is 456. The lowest BCUT2D eigenvalue weighted by molar-refractivity contribution is -0.149. The first-order valence-corrected chi connectivity index (χ1v) is 7.61. The van der Waals surface area contributed by atoms with Gasteiger partial charge >= 0.3 is 5.97 Å². The van der Waals surface area contributed by atoms with Crippen LogP contribution in [0.15, 0.2) is 23.1 Å². The average molecular weight is 322 g/mol. The third-order valence-electron chi connectivity index (χ3n) is 2.70. The van der Waals surface area contributed by atoms with Gasteiger partial charge in [-0.15, -0.1) is 11.8 Å². The molecule has 0 aliphatic carbocycles. The largest absolute Gasteiger partial charge is 0.465 e. The molecule has 1 rings (SSSR count). The van der Waals surface area contributed by atoms with Gasteiger partial charge in [0.05, 0.1) is 16.7 Å². The third kappa shape index (κ3) is 4.56. The molecule has 1 N–H and O–H groups in total. The summed E-state index contributed by atoms with van der Waals surface area (Å²) in [5, 5.41) is 4.03. The second-order valence-electron chi connectivity index (χ2n) is 4.17. The quantitative estimate of drug-likeness (QED) is 0.641. The first-order chi connectivity index (χ1) is 8.92. The molecule has 1 aromatic rings. The van der Waals surface area contributed by atoms with Crippen LogP contribution >= 0.6 is 35.0 Å². The van der Waals surface area contributed by atoms with Crippen LogP contribution in [0.3, 0.4) is 0 Å². The van der Waals surface area contributed by atoms with Crippen molar-refractivity contribution in [2.24, 2.45) is 0 Å². The topological polar surface area (TPSA) is 38.3 Å². The SMILES string of the molecule is CCOC(=O)C(C)(CSc1ccc(Cl)c(Cl)c1)NC. The fourth-order valence-electron chi connectivity index (χ4n) is 1.32. The van der Waals surface area contributed by atoms with E-state index in [1.807, 2.05) is 13.0 Å². The molecule has 0 aliphatic heterocycles. The van der Waals surface area contributed by atoms with Gasteiger partial charge in [-0.05, 0) is 39.1 Å². The van der Waals surface area contributed by atoms with Crippen molar-refractivity contribution in [3.63, 3.8) is 0 Å². The van der Waals surface area contributed by atoms with Crippen LogP contribution < -0.4 is 5.32 Å². The van der Waals surface area contributed by atoms with E-state index in [0.717, 1.165) is 4.90 Å². The Morgan fingerprint density at radius 3 is 2.63 bits per heavy atom. The van der Waals surface area contributed by atoms with Gasteiger partial charge in [-0.2, -0.15) is 0 Å². The van der Waals surface area contributed by atoms with E-state index in [-0.39, 0.29) is 5.97 Å². The summed E-state index contributed by atoms with van der Waals surface area (Å²) < 4.78 is 5.07. The molecule has 0 amide bonds. The zero-order valence-corrected chi connectivity index (χ0v) is 13.5. The van der Waals surface area contributed by atoms with Crippen molar-refractivity contribution in [2.75, 3.05) is 19.4 Å². The highest BCUT2D eigenvalue weighted by Gasteiger charge is 2.33. The van der Waals surface area contributed by atoms with E-state index >= 15 is 0 Å². The summed E-state index contributed by atoms with van der Waals surface area (Å²) in [6.07, 6.45) is 0. The number of rotatable bonds is 6. The fourth-order valence-corrected chi connectivity index (χ4v) is 2.76. The van der Waals surface area contributed by atoms with Crippen molar-refractivity contribution in [1.29, 1.82) is 0 Å². The van der Waals surface area contributed by atoms with Crippen LogP contribution in [0.1, 0.15) is 13.8 Å². The Labute approximate surface area is 128 Å². The molecule has 1 atom stereocenters. The smallest absolute Gasteiger partial charge is 0.326 e. The molecule has 6 heteroatoms. The summed E-state index contributed by atoms with van der Waals surface area (Å²) in [6.45, 7) is 3.98. The second-order valence-corrected chi connectivity index (χ2v) is 6.03. The molecule has 1 aromatic carbocycles. The minimum absolute atomic E-state index is 0.259. The summed E-state index contributed by atoms with van der Waals surface area (Å²) in [6, 6.07) is 5.41. The predicted octanol–water partition coefficient (Wildman–Crippen LogP) is 3.63. The van der Waals surface area contributed by atoms with Crippen LogP contribution in [0.4, 0.5) is 0 Å². The van der Waals surface area contributed by atoms with Gasteiger partial charge < -0.3 is 10.1 Å². The van der Waals surface area contributed by atoms with Crippen LogP contribution in [0.2, 0.25) is 10.0 Å². The maximum absolute atomic E-state index is 11.9.